The summed E-state index contributed by atoms with van der Waals surface area (Å²) in [6, 6.07) is 22.5. The number of amides is 1. The van der Waals surface area contributed by atoms with E-state index in [4.69, 9.17) is 14.3 Å². The third-order valence-corrected chi connectivity index (χ3v) is 5.51. The fourth-order valence-corrected chi connectivity index (χ4v) is 3.57. The number of oxazole rings is 1. The van der Waals surface area contributed by atoms with Gasteiger partial charge in [-0.25, -0.2) is 14.8 Å². The second-order valence-electron chi connectivity index (χ2n) is 8.68. The molecule has 0 unspecified atom stereocenters. The second-order valence-corrected chi connectivity index (χ2v) is 8.68. The van der Waals surface area contributed by atoms with Crippen molar-refractivity contribution < 1.29 is 32.3 Å². The normalized spacial score (nSPS) is 10.9. The Kier molecular flexibility index (Phi) is 8.46. The number of hydrogen-bond donors (Lipinski definition) is 3. The van der Waals surface area contributed by atoms with Crippen molar-refractivity contribution in [2.75, 3.05) is 29.6 Å². The van der Waals surface area contributed by atoms with Gasteiger partial charge in [0.05, 0.1) is 11.7 Å². The van der Waals surface area contributed by atoms with Gasteiger partial charge in [-0.2, -0.15) is 18.2 Å². The van der Waals surface area contributed by atoms with Gasteiger partial charge in [0.25, 0.3) is 5.91 Å². The van der Waals surface area contributed by atoms with Crippen LogP contribution >= 0.6 is 0 Å². The molecular weight excluding hydrogens is 541 g/mol. The maximum atomic E-state index is 12.6. The van der Waals surface area contributed by atoms with E-state index < -0.39 is 12.1 Å². The van der Waals surface area contributed by atoms with Crippen molar-refractivity contribution in [3.05, 3.63) is 91.0 Å². The highest BCUT2D eigenvalue weighted by atomic mass is 19.4. The van der Waals surface area contributed by atoms with E-state index in [0.29, 0.717) is 23.0 Å². The minimum Gasteiger partial charge on any atom is -0.475 e. The number of aliphatic carboxylic acids is 1. The molecule has 0 atom stereocenters. The average Bonchev–Trinajstić information content (AvgIpc) is 3.49. The zero-order valence-corrected chi connectivity index (χ0v) is 21.7. The minimum absolute atomic E-state index is 0.196. The number of anilines is 4. The van der Waals surface area contributed by atoms with Crippen molar-refractivity contribution in [3.8, 4) is 11.3 Å². The number of nitrogens with one attached hydrogen (secondary N) is 2. The highest BCUT2D eigenvalue weighted by Crippen LogP contribution is 2.26. The molecule has 2 heterocycles. The summed E-state index contributed by atoms with van der Waals surface area (Å²) < 4.78 is 37.0. The van der Waals surface area contributed by atoms with Gasteiger partial charge in [-0.3, -0.25) is 4.79 Å². The summed E-state index contributed by atoms with van der Waals surface area (Å²) in [4.78, 5) is 36.7. The van der Waals surface area contributed by atoms with Crippen LogP contribution in [0.1, 0.15) is 10.4 Å². The Bertz CT molecular complexity index is 1640. The number of hydrogen-bond acceptors (Lipinski definition) is 8. The number of carbonyl (C=O) groups excluding carboxylic acids is 1. The first-order valence-electron chi connectivity index (χ1n) is 11.9. The summed E-state index contributed by atoms with van der Waals surface area (Å²) >= 11 is 0. The first kappa shape index (κ1) is 28.5. The molecule has 1 amide bonds. The number of para-hydroxylation sites is 1. The maximum absolute atomic E-state index is 12.6. The molecule has 0 saturated carbocycles. The lowest BCUT2D eigenvalue weighted by molar-refractivity contribution is -0.192. The molecule has 0 bridgehead atoms. The fourth-order valence-electron chi connectivity index (χ4n) is 3.57. The lowest BCUT2D eigenvalue weighted by Crippen LogP contribution is -2.21. The van der Waals surface area contributed by atoms with Gasteiger partial charge in [-0.15, -0.1) is 0 Å². The van der Waals surface area contributed by atoms with Crippen molar-refractivity contribution in [2.45, 2.75) is 6.18 Å². The van der Waals surface area contributed by atoms with Gasteiger partial charge < -0.3 is 25.1 Å². The van der Waals surface area contributed by atoms with Crippen molar-refractivity contribution in [1.82, 2.24) is 15.0 Å². The molecule has 41 heavy (non-hydrogen) atoms. The highest BCUT2D eigenvalue weighted by Gasteiger charge is 2.38. The van der Waals surface area contributed by atoms with E-state index in [-0.39, 0.29) is 5.91 Å². The third kappa shape index (κ3) is 7.35. The lowest BCUT2D eigenvalue weighted by atomic mass is 10.1. The molecule has 5 rings (SSSR count). The average molecular weight is 565 g/mol. The van der Waals surface area contributed by atoms with E-state index in [1.165, 1.54) is 6.39 Å². The van der Waals surface area contributed by atoms with Crippen LogP contribution in [0.15, 0.2) is 89.8 Å². The monoisotopic (exact) mass is 564 g/mol. The van der Waals surface area contributed by atoms with Crippen LogP contribution in [0.5, 0.6) is 0 Å². The predicted molar refractivity (Wildman–Crippen MR) is 147 cm³/mol. The summed E-state index contributed by atoms with van der Waals surface area (Å²) in [5.41, 5.74) is 3.77. The number of carboxylic acids is 1. The van der Waals surface area contributed by atoms with Gasteiger partial charge in [-0.05, 0) is 48.5 Å². The van der Waals surface area contributed by atoms with E-state index >= 15 is 0 Å². The SMILES string of the molecule is CN(C)c1nc(Nc2ccc(NC(=O)c3ccc(-c4cnco4)cc3)cc2)nc2ccccc12.O=C(O)C(F)(F)F. The van der Waals surface area contributed by atoms with Gasteiger partial charge in [0.15, 0.2) is 12.2 Å². The topological polar surface area (TPSA) is 133 Å². The molecule has 3 N–H and O–H groups in total. The first-order valence-corrected chi connectivity index (χ1v) is 11.9. The zero-order valence-electron chi connectivity index (χ0n) is 21.7. The Morgan fingerprint density at radius 3 is 2.12 bits per heavy atom. The molecule has 0 radical (unpaired) electrons. The van der Waals surface area contributed by atoms with Crippen molar-refractivity contribution in [3.63, 3.8) is 0 Å². The van der Waals surface area contributed by atoms with E-state index in [1.807, 2.05) is 79.7 Å². The number of rotatable bonds is 6. The van der Waals surface area contributed by atoms with Crippen LogP contribution < -0.4 is 15.5 Å². The van der Waals surface area contributed by atoms with E-state index in [0.717, 1.165) is 28.0 Å². The Labute approximate surface area is 231 Å². The van der Waals surface area contributed by atoms with Crippen molar-refractivity contribution in [2.24, 2.45) is 0 Å². The lowest BCUT2D eigenvalue weighted by Gasteiger charge is -2.16. The van der Waals surface area contributed by atoms with Gasteiger partial charge in [0, 0.05) is 42.0 Å². The quantitative estimate of drug-likeness (QED) is 0.228. The molecule has 5 aromatic rings. The van der Waals surface area contributed by atoms with Gasteiger partial charge in [0.1, 0.15) is 5.82 Å². The molecule has 0 spiro atoms. The van der Waals surface area contributed by atoms with E-state index in [1.54, 1.807) is 18.3 Å². The number of halogens is 3. The number of fused-ring (bicyclic) bond motifs is 1. The van der Waals surface area contributed by atoms with Gasteiger partial charge >= 0.3 is 12.1 Å². The largest absolute Gasteiger partial charge is 0.490 e. The molecule has 0 saturated heterocycles. The summed E-state index contributed by atoms with van der Waals surface area (Å²) in [6.45, 7) is 0. The van der Waals surface area contributed by atoms with E-state index in [9.17, 15) is 18.0 Å². The molecular formula is C28H23F3N6O4. The number of aromatic nitrogens is 3. The minimum atomic E-state index is -5.08. The number of nitrogens with zero attached hydrogens (tertiary/aromatic N) is 4. The Balaban J connectivity index is 0.000000493. The molecule has 0 aliphatic heterocycles. The molecule has 3 aromatic carbocycles. The number of carbonyl (C=O) groups is 2. The Morgan fingerprint density at radius 1 is 0.902 bits per heavy atom. The van der Waals surface area contributed by atoms with Crippen LogP contribution in [0.3, 0.4) is 0 Å². The number of alkyl halides is 3. The fraction of sp³-hybridized carbons (Fsp3) is 0.107. The Hall–Kier alpha value is -5.46. The van der Waals surface area contributed by atoms with Crippen LogP contribution in [-0.2, 0) is 4.79 Å². The van der Waals surface area contributed by atoms with Crippen LogP contribution in [0.2, 0.25) is 0 Å². The van der Waals surface area contributed by atoms with Gasteiger partial charge in [0.2, 0.25) is 5.95 Å². The summed E-state index contributed by atoms with van der Waals surface area (Å²) in [7, 11) is 3.91. The van der Waals surface area contributed by atoms with Crippen LogP contribution in [-0.4, -0.2) is 52.2 Å². The third-order valence-electron chi connectivity index (χ3n) is 5.51. The summed E-state index contributed by atoms with van der Waals surface area (Å²) in [5, 5.41) is 14.3. The Morgan fingerprint density at radius 2 is 1.54 bits per heavy atom. The van der Waals surface area contributed by atoms with Crippen LogP contribution in [0.4, 0.5) is 36.3 Å². The standard InChI is InChI=1S/C26H22N6O2.C2HF3O2/c1-32(2)24-21-5-3-4-6-22(21)30-26(31-24)29-20-13-11-19(12-14-20)28-25(33)18-9-7-17(8-10-18)23-15-27-16-34-23;3-2(4,5)1(6)7/h3-16H,1-2H3,(H,28,33)(H,29,30,31);(H,6,7). The first-order chi connectivity index (χ1) is 19.5. The number of benzene rings is 3. The predicted octanol–water partition coefficient (Wildman–Crippen LogP) is 5.98. The summed E-state index contributed by atoms with van der Waals surface area (Å²) in [6.07, 6.45) is -2.07. The molecule has 210 valence electrons. The van der Waals surface area contributed by atoms with Crippen molar-refractivity contribution >= 4 is 45.9 Å². The molecule has 2 aromatic heterocycles. The van der Waals surface area contributed by atoms with Crippen molar-refractivity contribution in [1.29, 1.82) is 0 Å². The van der Waals surface area contributed by atoms with E-state index in [2.05, 4.69) is 25.6 Å². The molecule has 0 aliphatic carbocycles. The maximum Gasteiger partial charge on any atom is 0.490 e. The smallest absolute Gasteiger partial charge is 0.475 e. The zero-order chi connectivity index (χ0) is 29.6. The highest BCUT2D eigenvalue weighted by molar-refractivity contribution is 6.04. The molecule has 10 nitrogen and oxygen atoms in total. The molecule has 13 heteroatoms. The van der Waals surface area contributed by atoms with Crippen LogP contribution in [0.25, 0.3) is 22.2 Å². The van der Waals surface area contributed by atoms with Crippen LogP contribution in [0, 0.1) is 0 Å². The summed E-state index contributed by atoms with van der Waals surface area (Å²) in [5.74, 6) is -0.952. The molecule has 0 fully saturated rings. The second kappa shape index (κ2) is 12.2. The van der Waals surface area contributed by atoms with Gasteiger partial charge in [-0.1, -0.05) is 24.3 Å². The molecule has 0 aliphatic rings. The number of carboxylic acid groups (broad SMARTS) is 1.